The Morgan fingerprint density at radius 3 is 2.14 bits per heavy atom. The molecule has 0 radical (unpaired) electrons. The lowest BCUT2D eigenvalue weighted by molar-refractivity contribution is -0.146. The summed E-state index contributed by atoms with van der Waals surface area (Å²) in [7, 11) is 0. The lowest BCUT2D eigenvalue weighted by Gasteiger charge is -2.41. The second-order valence-electron chi connectivity index (χ2n) is 11.8. The zero-order valence-corrected chi connectivity index (χ0v) is 23.7. The molecule has 0 aromatic heterocycles. The number of ether oxygens (including phenoxy) is 2. The van der Waals surface area contributed by atoms with Gasteiger partial charge in [-0.05, 0) is 47.6 Å². The first-order valence-electron chi connectivity index (χ1n) is 14.6. The minimum absolute atomic E-state index is 0.113. The van der Waals surface area contributed by atoms with Gasteiger partial charge in [0.05, 0.1) is 18.6 Å². The number of carboxylic acids is 1. The van der Waals surface area contributed by atoms with E-state index in [1.807, 2.05) is 54.6 Å². The molecular weight excluding hydrogens is 532 g/mol. The van der Waals surface area contributed by atoms with Crippen LogP contribution in [0.2, 0.25) is 0 Å². The summed E-state index contributed by atoms with van der Waals surface area (Å²) in [5, 5.41) is 12.7. The average Bonchev–Trinajstić information content (AvgIpc) is 3.56. The maximum atomic E-state index is 13.9. The second kappa shape index (κ2) is 11.6. The molecule has 2 aliphatic carbocycles. The number of aliphatic carboxylic acids is 1. The Morgan fingerprint density at radius 2 is 1.57 bits per heavy atom. The number of hydrogen-bond donors (Lipinski definition) is 2. The maximum Gasteiger partial charge on any atom is 0.407 e. The molecular formula is C34H36N2O6. The highest BCUT2D eigenvalue weighted by Crippen LogP contribution is 2.52. The molecule has 1 aliphatic heterocycles. The molecule has 8 heteroatoms. The van der Waals surface area contributed by atoms with Crippen molar-refractivity contribution in [2.75, 3.05) is 19.7 Å². The van der Waals surface area contributed by atoms with Gasteiger partial charge in [0, 0.05) is 24.4 Å². The van der Waals surface area contributed by atoms with E-state index < -0.39 is 30.1 Å². The molecule has 0 bridgehead atoms. The number of carboxylic acid groups (broad SMARTS) is 1. The number of rotatable bonds is 9. The molecule has 1 spiro atoms. The topological polar surface area (TPSA) is 105 Å². The Morgan fingerprint density at radius 1 is 0.952 bits per heavy atom. The van der Waals surface area contributed by atoms with Gasteiger partial charge in [-0.25, -0.2) is 4.79 Å². The fourth-order valence-corrected chi connectivity index (χ4v) is 6.86. The Bertz CT molecular complexity index is 1420. The van der Waals surface area contributed by atoms with Gasteiger partial charge >= 0.3 is 12.1 Å². The quantitative estimate of drug-likeness (QED) is 0.367. The summed E-state index contributed by atoms with van der Waals surface area (Å²) < 4.78 is 11.8. The molecule has 1 heterocycles. The van der Waals surface area contributed by atoms with Gasteiger partial charge in [-0.3, -0.25) is 9.59 Å². The third-order valence-corrected chi connectivity index (χ3v) is 9.32. The third-order valence-electron chi connectivity index (χ3n) is 9.32. The van der Waals surface area contributed by atoms with Crippen LogP contribution in [0.25, 0.3) is 11.1 Å². The Kier molecular flexibility index (Phi) is 7.73. The molecule has 3 atom stereocenters. The van der Waals surface area contributed by atoms with Crippen LogP contribution in [-0.2, 0) is 25.7 Å². The van der Waals surface area contributed by atoms with E-state index >= 15 is 0 Å². The predicted octanol–water partition coefficient (Wildman–Crippen LogP) is 5.21. The third kappa shape index (κ3) is 5.27. The van der Waals surface area contributed by atoms with Crippen LogP contribution < -0.4 is 5.32 Å². The first-order valence-corrected chi connectivity index (χ1v) is 14.6. The molecule has 2 N–H and O–H groups in total. The maximum absolute atomic E-state index is 13.9. The van der Waals surface area contributed by atoms with Crippen LogP contribution >= 0.6 is 0 Å². The smallest absolute Gasteiger partial charge is 0.407 e. The number of amides is 2. The monoisotopic (exact) mass is 568 g/mol. The minimum Gasteiger partial charge on any atom is -0.481 e. The van der Waals surface area contributed by atoms with Gasteiger partial charge < -0.3 is 24.8 Å². The SMILES string of the molecule is CC(OCc1ccccc1)C(NC(=O)OCC1c2ccccc2-c2ccccc21)C(=O)N1CC(C(=O)O)C2(CCC2)C1. The first kappa shape index (κ1) is 28.0. The molecule has 3 unspecified atom stereocenters. The lowest BCUT2D eigenvalue weighted by Crippen LogP contribution is -2.54. The number of benzene rings is 3. The zero-order valence-electron chi connectivity index (χ0n) is 23.7. The highest BCUT2D eigenvalue weighted by atomic mass is 16.5. The Balaban J connectivity index is 1.17. The molecule has 2 fully saturated rings. The normalized spacial score (nSPS) is 19.8. The molecule has 3 aromatic rings. The van der Waals surface area contributed by atoms with Gasteiger partial charge in [0.1, 0.15) is 12.6 Å². The van der Waals surface area contributed by atoms with Crippen LogP contribution in [0.3, 0.4) is 0 Å². The summed E-state index contributed by atoms with van der Waals surface area (Å²) in [6, 6.07) is 24.8. The number of likely N-dealkylation sites (tertiary alicyclic amines) is 1. The largest absolute Gasteiger partial charge is 0.481 e. The number of alkyl carbamates (subject to hydrolysis) is 1. The van der Waals surface area contributed by atoms with E-state index in [1.54, 1.807) is 11.8 Å². The molecule has 3 aliphatic rings. The fourth-order valence-electron chi connectivity index (χ4n) is 6.86. The van der Waals surface area contributed by atoms with Gasteiger partial charge in [-0.1, -0.05) is 85.3 Å². The second-order valence-corrected chi connectivity index (χ2v) is 11.8. The standard InChI is InChI=1S/C34H36N2O6/c1-22(41-19-23-10-3-2-4-11-23)30(31(37)36-18-29(32(38)39)34(21-36)16-9-17-34)35-33(40)42-20-28-26-14-7-5-12-24(26)25-13-6-8-15-27(25)28/h2-8,10-15,22,28-30H,9,16-21H2,1H3,(H,35,40)(H,38,39). The van der Waals surface area contributed by atoms with Gasteiger partial charge in [-0.2, -0.15) is 0 Å². The van der Waals surface area contributed by atoms with Crippen molar-refractivity contribution in [3.8, 4) is 11.1 Å². The van der Waals surface area contributed by atoms with Crippen molar-refractivity contribution in [2.24, 2.45) is 11.3 Å². The molecule has 1 saturated carbocycles. The minimum atomic E-state index is -1.03. The van der Waals surface area contributed by atoms with Crippen molar-refractivity contribution in [3.05, 3.63) is 95.6 Å². The van der Waals surface area contributed by atoms with Crippen LogP contribution in [0.1, 0.15) is 48.8 Å². The van der Waals surface area contributed by atoms with E-state index in [1.165, 1.54) is 0 Å². The van der Waals surface area contributed by atoms with Crippen LogP contribution in [0.4, 0.5) is 4.79 Å². The molecule has 2 amide bonds. The number of nitrogens with zero attached hydrogens (tertiary/aromatic N) is 1. The van der Waals surface area contributed by atoms with Gasteiger partial charge in [0.15, 0.2) is 0 Å². The highest BCUT2D eigenvalue weighted by molar-refractivity contribution is 5.87. The predicted molar refractivity (Wildman–Crippen MR) is 157 cm³/mol. The Hall–Kier alpha value is -4.17. The Labute approximate surface area is 245 Å². The van der Waals surface area contributed by atoms with E-state index in [4.69, 9.17) is 9.47 Å². The van der Waals surface area contributed by atoms with E-state index in [-0.39, 0.29) is 37.0 Å². The number of nitrogens with one attached hydrogen (secondary N) is 1. The number of carbonyl (C=O) groups excluding carboxylic acids is 2. The van der Waals surface area contributed by atoms with Gasteiger partial charge in [-0.15, -0.1) is 0 Å². The van der Waals surface area contributed by atoms with Crippen molar-refractivity contribution in [1.82, 2.24) is 10.2 Å². The van der Waals surface area contributed by atoms with Crippen LogP contribution in [0.5, 0.6) is 0 Å². The summed E-state index contributed by atoms with van der Waals surface area (Å²) in [4.78, 5) is 40.8. The number of carbonyl (C=O) groups is 3. The average molecular weight is 569 g/mol. The number of hydrogen-bond acceptors (Lipinski definition) is 5. The highest BCUT2D eigenvalue weighted by Gasteiger charge is 2.55. The van der Waals surface area contributed by atoms with Crippen molar-refractivity contribution in [1.29, 1.82) is 0 Å². The molecule has 42 heavy (non-hydrogen) atoms. The van der Waals surface area contributed by atoms with E-state index in [2.05, 4.69) is 29.6 Å². The first-order chi connectivity index (χ1) is 20.4. The van der Waals surface area contributed by atoms with Gasteiger partial charge in [0.2, 0.25) is 5.91 Å². The molecule has 218 valence electrons. The summed E-state index contributed by atoms with van der Waals surface area (Å²) in [5.41, 5.74) is 5.01. The molecule has 1 saturated heterocycles. The summed E-state index contributed by atoms with van der Waals surface area (Å²) in [5.74, 6) is -1.94. The van der Waals surface area contributed by atoms with Crippen molar-refractivity contribution in [2.45, 2.75) is 50.9 Å². The van der Waals surface area contributed by atoms with Crippen LogP contribution in [0.15, 0.2) is 78.9 Å². The van der Waals surface area contributed by atoms with Gasteiger partial charge in [0.25, 0.3) is 0 Å². The fraction of sp³-hybridized carbons (Fsp3) is 0.382. The number of fused-ring (bicyclic) bond motifs is 3. The summed E-state index contributed by atoms with van der Waals surface area (Å²) in [6.07, 6.45) is 1.15. The summed E-state index contributed by atoms with van der Waals surface area (Å²) in [6.45, 7) is 2.63. The molecule has 6 rings (SSSR count). The van der Waals surface area contributed by atoms with Crippen molar-refractivity contribution in [3.63, 3.8) is 0 Å². The van der Waals surface area contributed by atoms with Crippen LogP contribution in [-0.4, -0.2) is 59.8 Å². The van der Waals surface area contributed by atoms with Crippen molar-refractivity contribution >= 4 is 18.0 Å². The zero-order chi connectivity index (χ0) is 29.3. The van der Waals surface area contributed by atoms with E-state index in [0.717, 1.165) is 47.1 Å². The van der Waals surface area contributed by atoms with E-state index in [0.29, 0.717) is 6.54 Å². The van der Waals surface area contributed by atoms with E-state index in [9.17, 15) is 19.5 Å². The molecule has 8 nitrogen and oxygen atoms in total. The lowest BCUT2D eigenvalue weighted by atomic mass is 9.63. The summed E-state index contributed by atoms with van der Waals surface area (Å²) >= 11 is 0. The van der Waals surface area contributed by atoms with Crippen molar-refractivity contribution < 1.29 is 29.0 Å². The van der Waals surface area contributed by atoms with Crippen LogP contribution in [0, 0.1) is 11.3 Å². The molecule has 3 aromatic carbocycles.